The van der Waals surface area contributed by atoms with Crippen molar-refractivity contribution in [2.75, 3.05) is 17.7 Å². The Morgan fingerprint density at radius 3 is 2.82 bits per heavy atom. The number of amides is 1. The molecule has 1 N–H and O–H groups in total. The van der Waals surface area contributed by atoms with Gasteiger partial charge in [-0.15, -0.1) is 11.3 Å². The highest BCUT2D eigenvalue weighted by Crippen LogP contribution is 2.26. The van der Waals surface area contributed by atoms with Gasteiger partial charge >= 0.3 is 0 Å². The van der Waals surface area contributed by atoms with Crippen LogP contribution in [0.4, 0.5) is 5.13 Å². The van der Waals surface area contributed by atoms with Gasteiger partial charge in [-0.05, 0) is 31.9 Å². The van der Waals surface area contributed by atoms with E-state index < -0.39 is 0 Å². The van der Waals surface area contributed by atoms with Crippen LogP contribution in [0.2, 0.25) is 0 Å². The number of rotatable bonds is 7. The van der Waals surface area contributed by atoms with Crippen molar-refractivity contribution in [1.29, 1.82) is 0 Å². The molecule has 4 aromatic rings. The summed E-state index contributed by atoms with van der Waals surface area (Å²) in [5.74, 6) is -0.0728. The highest BCUT2D eigenvalue weighted by molar-refractivity contribution is 7.99. The number of anilines is 1. The van der Waals surface area contributed by atoms with Gasteiger partial charge in [-0.25, -0.2) is 9.97 Å². The number of nitrogens with zero attached hydrogens (tertiary/aromatic N) is 3. The van der Waals surface area contributed by atoms with Crippen molar-refractivity contribution in [3.63, 3.8) is 0 Å². The van der Waals surface area contributed by atoms with Gasteiger partial charge in [0.2, 0.25) is 5.91 Å². The number of ether oxygens (including phenoxy) is 1. The summed E-state index contributed by atoms with van der Waals surface area (Å²) < 4.78 is 7.39. The molecule has 34 heavy (non-hydrogen) atoms. The molecule has 3 heterocycles. The quantitative estimate of drug-likeness (QED) is 0.296. The number of aryl methyl sites for hydroxylation is 1. The van der Waals surface area contributed by atoms with E-state index in [-0.39, 0.29) is 23.3 Å². The van der Waals surface area contributed by atoms with E-state index >= 15 is 0 Å². The number of hydrogen-bond donors (Lipinski definition) is 1. The lowest BCUT2D eigenvalue weighted by molar-refractivity contribution is -0.113. The van der Waals surface area contributed by atoms with Crippen LogP contribution in [-0.2, 0) is 16.1 Å². The van der Waals surface area contributed by atoms with Gasteiger partial charge in [0.1, 0.15) is 0 Å². The van der Waals surface area contributed by atoms with E-state index in [1.165, 1.54) is 28.7 Å². The van der Waals surface area contributed by atoms with Crippen molar-refractivity contribution < 1.29 is 9.53 Å². The normalized spacial score (nSPS) is 15.6. The van der Waals surface area contributed by atoms with Crippen molar-refractivity contribution in [3.05, 3.63) is 69.8 Å². The second kappa shape index (κ2) is 10.1. The maximum Gasteiger partial charge on any atom is 0.262 e. The Morgan fingerprint density at radius 2 is 2.03 bits per heavy atom. The summed E-state index contributed by atoms with van der Waals surface area (Å²) in [6, 6.07) is 15.4. The van der Waals surface area contributed by atoms with Crippen LogP contribution in [0.3, 0.4) is 0 Å². The van der Waals surface area contributed by atoms with Gasteiger partial charge in [-0.3, -0.25) is 14.2 Å². The highest BCUT2D eigenvalue weighted by Gasteiger charge is 2.21. The van der Waals surface area contributed by atoms with Crippen LogP contribution >= 0.6 is 23.1 Å². The number of thioether (sulfide) groups is 1. The second-order valence-electron chi connectivity index (χ2n) is 8.20. The fraction of sp³-hybridized carbons (Fsp3) is 0.280. The predicted octanol–water partition coefficient (Wildman–Crippen LogP) is 4.74. The molecule has 0 aliphatic carbocycles. The Labute approximate surface area is 205 Å². The third-order valence-electron chi connectivity index (χ3n) is 5.67. The number of benzene rings is 2. The predicted molar refractivity (Wildman–Crippen MR) is 137 cm³/mol. The largest absolute Gasteiger partial charge is 0.376 e. The molecule has 0 bridgehead atoms. The smallest absolute Gasteiger partial charge is 0.262 e. The third-order valence-corrected chi connectivity index (χ3v) is 7.40. The SMILES string of the molecule is Cc1ccc(-c2csc(NC(=O)CSc3nc4ccccc4c(=O)n3C[C@@H]3CCCO3)n2)cc1. The summed E-state index contributed by atoms with van der Waals surface area (Å²) in [5, 5.41) is 6.43. The zero-order valence-corrected chi connectivity index (χ0v) is 20.3. The number of carbonyl (C=O) groups excluding carboxylic acids is 1. The number of carbonyl (C=O) groups is 1. The van der Waals surface area contributed by atoms with E-state index in [1.54, 1.807) is 10.6 Å². The molecule has 0 saturated carbocycles. The first-order chi connectivity index (χ1) is 16.6. The molecule has 9 heteroatoms. The molecule has 1 aliphatic rings. The van der Waals surface area contributed by atoms with E-state index in [2.05, 4.69) is 15.3 Å². The van der Waals surface area contributed by atoms with Crippen molar-refractivity contribution >= 4 is 45.0 Å². The lowest BCUT2D eigenvalue weighted by Gasteiger charge is -2.16. The number of thiazole rings is 1. The molecule has 7 nitrogen and oxygen atoms in total. The lowest BCUT2D eigenvalue weighted by atomic mass is 10.1. The fourth-order valence-electron chi connectivity index (χ4n) is 3.88. The zero-order chi connectivity index (χ0) is 23.5. The van der Waals surface area contributed by atoms with Gasteiger partial charge in [0.25, 0.3) is 5.56 Å². The first kappa shape index (κ1) is 22.8. The molecule has 174 valence electrons. The molecule has 0 radical (unpaired) electrons. The summed E-state index contributed by atoms with van der Waals surface area (Å²) in [6.45, 7) is 3.19. The molecule has 1 aliphatic heterocycles. The van der Waals surface area contributed by atoms with Gasteiger partial charge in [0.15, 0.2) is 10.3 Å². The van der Waals surface area contributed by atoms with Crippen LogP contribution in [0.15, 0.2) is 63.9 Å². The van der Waals surface area contributed by atoms with Gasteiger partial charge in [-0.1, -0.05) is 53.7 Å². The van der Waals surface area contributed by atoms with Crippen LogP contribution in [0.5, 0.6) is 0 Å². The van der Waals surface area contributed by atoms with Crippen LogP contribution in [-0.4, -0.2) is 38.9 Å². The first-order valence-corrected chi connectivity index (χ1v) is 13.0. The topological polar surface area (TPSA) is 86.1 Å². The highest BCUT2D eigenvalue weighted by atomic mass is 32.2. The minimum atomic E-state index is -0.194. The van der Waals surface area contributed by atoms with E-state index in [0.29, 0.717) is 34.3 Å². The number of hydrogen-bond acceptors (Lipinski definition) is 7. The van der Waals surface area contributed by atoms with E-state index in [0.717, 1.165) is 24.1 Å². The monoisotopic (exact) mass is 492 g/mol. The number of aromatic nitrogens is 3. The Balaban J connectivity index is 1.31. The Bertz CT molecular complexity index is 1380. The summed E-state index contributed by atoms with van der Waals surface area (Å²) >= 11 is 2.64. The number of fused-ring (bicyclic) bond motifs is 1. The van der Waals surface area contributed by atoms with Crippen LogP contribution in [0.1, 0.15) is 18.4 Å². The van der Waals surface area contributed by atoms with Gasteiger partial charge in [0, 0.05) is 17.6 Å². The third kappa shape index (κ3) is 5.06. The molecule has 5 rings (SSSR count). The Hall–Kier alpha value is -3.01. The van der Waals surface area contributed by atoms with Crippen molar-refractivity contribution in [2.45, 2.75) is 37.6 Å². The van der Waals surface area contributed by atoms with Gasteiger partial charge in [-0.2, -0.15) is 0 Å². The molecule has 1 saturated heterocycles. The van der Waals surface area contributed by atoms with E-state index in [4.69, 9.17) is 4.74 Å². The van der Waals surface area contributed by atoms with E-state index in [9.17, 15) is 9.59 Å². The summed E-state index contributed by atoms with van der Waals surface area (Å²) in [4.78, 5) is 35.1. The number of nitrogens with one attached hydrogen (secondary N) is 1. The zero-order valence-electron chi connectivity index (χ0n) is 18.7. The molecule has 0 spiro atoms. The van der Waals surface area contributed by atoms with Crippen molar-refractivity contribution in [2.24, 2.45) is 0 Å². The Kier molecular flexibility index (Phi) is 6.75. The van der Waals surface area contributed by atoms with Gasteiger partial charge in [0.05, 0.1) is 35.0 Å². The van der Waals surface area contributed by atoms with Gasteiger partial charge < -0.3 is 10.1 Å². The summed E-state index contributed by atoms with van der Waals surface area (Å²) in [5.41, 5.74) is 3.54. The molecule has 2 aromatic carbocycles. The molecule has 1 atom stereocenters. The molecule has 1 amide bonds. The first-order valence-electron chi connectivity index (χ1n) is 11.1. The van der Waals surface area contributed by atoms with Crippen LogP contribution in [0.25, 0.3) is 22.2 Å². The number of para-hydroxylation sites is 1. The van der Waals surface area contributed by atoms with Crippen LogP contribution < -0.4 is 10.9 Å². The Morgan fingerprint density at radius 1 is 1.21 bits per heavy atom. The van der Waals surface area contributed by atoms with Crippen molar-refractivity contribution in [3.8, 4) is 11.3 Å². The van der Waals surface area contributed by atoms with Crippen molar-refractivity contribution in [1.82, 2.24) is 14.5 Å². The van der Waals surface area contributed by atoms with Crippen LogP contribution in [0, 0.1) is 6.92 Å². The molecular formula is C25H24N4O3S2. The molecule has 0 unspecified atom stereocenters. The fourth-order valence-corrected chi connectivity index (χ4v) is 5.43. The minimum Gasteiger partial charge on any atom is -0.376 e. The summed E-state index contributed by atoms with van der Waals surface area (Å²) in [6.07, 6.45) is 1.89. The molecular weight excluding hydrogens is 468 g/mol. The summed E-state index contributed by atoms with van der Waals surface area (Å²) in [7, 11) is 0. The average molecular weight is 493 g/mol. The maximum atomic E-state index is 13.2. The molecule has 1 fully saturated rings. The maximum absolute atomic E-state index is 13.2. The van der Waals surface area contributed by atoms with E-state index in [1.807, 2.05) is 54.8 Å². The molecule has 2 aromatic heterocycles. The standard InChI is InChI=1S/C25H24N4O3S2/c1-16-8-10-17(11-9-16)21-14-33-24(26-21)28-22(30)15-34-25-27-20-7-3-2-6-19(20)23(31)29(25)13-18-5-4-12-32-18/h2-3,6-11,14,18H,4-5,12-13,15H2,1H3,(H,26,28,30)/t18-/m0/s1. The lowest BCUT2D eigenvalue weighted by Crippen LogP contribution is -2.29. The average Bonchev–Trinajstić information content (AvgIpc) is 3.53. The second-order valence-corrected chi connectivity index (χ2v) is 10.0. The minimum absolute atomic E-state index is 0.00986.